The summed E-state index contributed by atoms with van der Waals surface area (Å²) in [4.78, 5) is 25.9. The van der Waals surface area contributed by atoms with E-state index in [0.717, 1.165) is 5.76 Å². The number of carbonyl (C=O) groups excluding carboxylic acids is 2. The maximum absolute atomic E-state index is 12.5. The van der Waals surface area contributed by atoms with Gasteiger partial charge >= 0.3 is 0 Å². The van der Waals surface area contributed by atoms with Crippen molar-refractivity contribution < 1.29 is 14.0 Å². The molecule has 0 aromatic carbocycles. The largest absolute Gasteiger partial charge is 0.469 e. The molecule has 5 nitrogen and oxygen atoms in total. The van der Waals surface area contributed by atoms with Crippen LogP contribution in [-0.4, -0.2) is 35.8 Å². The van der Waals surface area contributed by atoms with Crippen LogP contribution >= 0.6 is 0 Å². The van der Waals surface area contributed by atoms with Gasteiger partial charge in [0, 0.05) is 25.9 Å². The summed E-state index contributed by atoms with van der Waals surface area (Å²) in [6.07, 6.45) is 3.37. The van der Waals surface area contributed by atoms with Crippen LogP contribution in [0.3, 0.4) is 0 Å². The lowest BCUT2D eigenvalue weighted by atomic mass is 10.0. The lowest BCUT2D eigenvalue weighted by Crippen LogP contribution is -2.45. The normalized spacial score (nSPS) is 20.1. The van der Waals surface area contributed by atoms with Crippen LogP contribution in [0.5, 0.6) is 0 Å². The molecule has 1 saturated heterocycles. The van der Waals surface area contributed by atoms with E-state index in [2.05, 4.69) is 19.2 Å². The SMILES string of the molecule is CC(C)CC1NC(=O)CCN(CCc2ccco2)C1=O. The molecule has 0 aliphatic carbocycles. The Morgan fingerprint density at radius 2 is 2.25 bits per heavy atom. The van der Waals surface area contributed by atoms with Gasteiger partial charge in [0.05, 0.1) is 6.26 Å². The molecule has 1 N–H and O–H groups in total. The molecule has 20 heavy (non-hydrogen) atoms. The summed E-state index contributed by atoms with van der Waals surface area (Å²) in [5.74, 6) is 1.22. The number of hydrogen-bond donors (Lipinski definition) is 1. The molecule has 0 radical (unpaired) electrons. The summed E-state index contributed by atoms with van der Waals surface area (Å²) >= 11 is 0. The molecule has 5 heteroatoms. The molecular formula is C15H22N2O3. The van der Waals surface area contributed by atoms with Crippen LogP contribution in [0.1, 0.15) is 32.4 Å². The summed E-state index contributed by atoms with van der Waals surface area (Å²) in [6.45, 7) is 5.19. The fourth-order valence-electron chi connectivity index (χ4n) is 2.45. The molecule has 1 atom stereocenters. The predicted molar refractivity (Wildman–Crippen MR) is 75.0 cm³/mol. The van der Waals surface area contributed by atoms with Crippen molar-refractivity contribution >= 4 is 11.8 Å². The van der Waals surface area contributed by atoms with Crippen molar-refractivity contribution in [3.8, 4) is 0 Å². The van der Waals surface area contributed by atoms with Crippen LogP contribution < -0.4 is 5.32 Å². The number of nitrogens with zero attached hydrogens (tertiary/aromatic N) is 1. The monoisotopic (exact) mass is 278 g/mol. The zero-order chi connectivity index (χ0) is 14.5. The minimum absolute atomic E-state index is 0.0242. The van der Waals surface area contributed by atoms with Crippen LogP contribution in [0.25, 0.3) is 0 Å². The van der Waals surface area contributed by atoms with E-state index in [1.807, 2.05) is 12.1 Å². The first kappa shape index (κ1) is 14.6. The zero-order valence-electron chi connectivity index (χ0n) is 12.1. The fraction of sp³-hybridized carbons (Fsp3) is 0.600. The summed E-state index contributed by atoms with van der Waals surface area (Å²) in [5.41, 5.74) is 0. The van der Waals surface area contributed by atoms with Crippen LogP contribution in [0.4, 0.5) is 0 Å². The van der Waals surface area contributed by atoms with Crippen LogP contribution in [-0.2, 0) is 16.0 Å². The Morgan fingerprint density at radius 1 is 1.45 bits per heavy atom. The molecule has 1 aromatic rings. The van der Waals surface area contributed by atoms with Gasteiger partial charge < -0.3 is 14.6 Å². The second-order valence-corrected chi connectivity index (χ2v) is 5.65. The first-order chi connectivity index (χ1) is 9.56. The maximum Gasteiger partial charge on any atom is 0.245 e. The molecule has 0 saturated carbocycles. The molecule has 1 unspecified atom stereocenters. The van der Waals surface area contributed by atoms with Gasteiger partial charge in [0.1, 0.15) is 11.8 Å². The molecule has 0 spiro atoms. The number of nitrogens with one attached hydrogen (secondary N) is 1. The van der Waals surface area contributed by atoms with Gasteiger partial charge in [0.25, 0.3) is 0 Å². The minimum atomic E-state index is -0.387. The first-order valence-electron chi connectivity index (χ1n) is 7.17. The summed E-state index contributed by atoms with van der Waals surface area (Å²) in [6, 6.07) is 3.35. The maximum atomic E-state index is 12.5. The Balaban J connectivity index is 1.99. The van der Waals surface area contributed by atoms with Gasteiger partial charge in [-0.3, -0.25) is 9.59 Å². The van der Waals surface area contributed by atoms with E-state index in [-0.39, 0.29) is 17.9 Å². The second kappa shape index (κ2) is 6.59. The number of rotatable bonds is 5. The van der Waals surface area contributed by atoms with Crippen molar-refractivity contribution in [2.75, 3.05) is 13.1 Å². The Bertz CT molecular complexity index is 454. The molecule has 1 aliphatic heterocycles. The highest BCUT2D eigenvalue weighted by Crippen LogP contribution is 2.13. The number of furan rings is 1. The minimum Gasteiger partial charge on any atom is -0.469 e. The van der Waals surface area contributed by atoms with Crippen molar-refractivity contribution in [3.05, 3.63) is 24.2 Å². The Kier molecular flexibility index (Phi) is 4.82. The van der Waals surface area contributed by atoms with E-state index in [0.29, 0.717) is 38.3 Å². The lowest BCUT2D eigenvalue weighted by molar-refractivity contribution is -0.134. The lowest BCUT2D eigenvalue weighted by Gasteiger charge is -2.24. The van der Waals surface area contributed by atoms with E-state index >= 15 is 0 Å². The van der Waals surface area contributed by atoms with Gasteiger partial charge in [0.2, 0.25) is 11.8 Å². The predicted octanol–water partition coefficient (Wildman–Crippen LogP) is 1.59. The molecular weight excluding hydrogens is 256 g/mol. The number of carbonyl (C=O) groups is 2. The van der Waals surface area contributed by atoms with Crippen molar-refractivity contribution in [3.63, 3.8) is 0 Å². The van der Waals surface area contributed by atoms with Gasteiger partial charge in [-0.15, -0.1) is 0 Å². The Morgan fingerprint density at radius 3 is 2.90 bits per heavy atom. The molecule has 1 aliphatic rings. The summed E-state index contributed by atoms with van der Waals surface area (Å²) in [5, 5.41) is 2.83. The molecule has 2 heterocycles. The molecule has 0 bridgehead atoms. The molecule has 2 rings (SSSR count). The first-order valence-corrected chi connectivity index (χ1v) is 7.17. The Hall–Kier alpha value is -1.78. The highest BCUT2D eigenvalue weighted by Gasteiger charge is 2.29. The van der Waals surface area contributed by atoms with E-state index in [1.165, 1.54) is 0 Å². The van der Waals surface area contributed by atoms with E-state index in [9.17, 15) is 9.59 Å². The average Bonchev–Trinajstić information content (AvgIpc) is 2.85. The van der Waals surface area contributed by atoms with Crippen molar-refractivity contribution in [2.45, 2.75) is 39.2 Å². The smallest absolute Gasteiger partial charge is 0.245 e. The van der Waals surface area contributed by atoms with Crippen molar-refractivity contribution in [1.29, 1.82) is 0 Å². The molecule has 2 amide bonds. The van der Waals surface area contributed by atoms with E-state index in [1.54, 1.807) is 11.2 Å². The van der Waals surface area contributed by atoms with Gasteiger partial charge in [-0.25, -0.2) is 0 Å². The quantitative estimate of drug-likeness (QED) is 0.889. The van der Waals surface area contributed by atoms with Crippen LogP contribution in [0.15, 0.2) is 22.8 Å². The number of amides is 2. The topological polar surface area (TPSA) is 62.6 Å². The zero-order valence-corrected chi connectivity index (χ0v) is 12.1. The number of hydrogen-bond acceptors (Lipinski definition) is 3. The average molecular weight is 278 g/mol. The van der Waals surface area contributed by atoms with E-state index in [4.69, 9.17) is 4.42 Å². The standard InChI is InChI=1S/C15H22N2O3/c1-11(2)10-13-15(19)17(8-6-14(18)16-13)7-5-12-4-3-9-20-12/h3-4,9,11,13H,5-8,10H2,1-2H3,(H,16,18). The third-order valence-electron chi connectivity index (χ3n) is 3.47. The third-order valence-corrected chi connectivity index (χ3v) is 3.47. The molecule has 1 fully saturated rings. The highest BCUT2D eigenvalue weighted by atomic mass is 16.3. The van der Waals surface area contributed by atoms with Crippen LogP contribution in [0, 0.1) is 5.92 Å². The fourth-order valence-corrected chi connectivity index (χ4v) is 2.45. The van der Waals surface area contributed by atoms with Gasteiger partial charge in [-0.1, -0.05) is 13.8 Å². The highest BCUT2D eigenvalue weighted by molar-refractivity contribution is 5.89. The Labute approximate surface area is 119 Å². The van der Waals surface area contributed by atoms with Gasteiger partial charge in [-0.05, 0) is 24.5 Å². The van der Waals surface area contributed by atoms with Crippen LogP contribution in [0.2, 0.25) is 0 Å². The second-order valence-electron chi connectivity index (χ2n) is 5.65. The van der Waals surface area contributed by atoms with Gasteiger partial charge in [-0.2, -0.15) is 0 Å². The summed E-state index contributed by atoms with van der Waals surface area (Å²) < 4.78 is 5.28. The molecule has 1 aromatic heterocycles. The van der Waals surface area contributed by atoms with Gasteiger partial charge in [0.15, 0.2) is 0 Å². The third kappa shape index (κ3) is 3.85. The van der Waals surface area contributed by atoms with Crippen molar-refractivity contribution in [2.24, 2.45) is 5.92 Å². The summed E-state index contributed by atoms with van der Waals surface area (Å²) in [7, 11) is 0. The molecule has 110 valence electrons. The van der Waals surface area contributed by atoms with Crippen molar-refractivity contribution in [1.82, 2.24) is 10.2 Å². The van der Waals surface area contributed by atoms with E-state index < -0.39 is 0 Å².